The molecule has 0 saturated heterocycles. The molecular formula is C15H11N3OS. The Bertz CT molecular complexity index is 841. The molecule has 3 aromatic heterocycles. The van der Waals surface area contributed by atoms with Crippen molar-refractivity contribution in [2.45, 2.75) is 6.92 Å². The van der Waals surface area contributed by atoms with E-state index in [0.717, 1.165) is 32.5 Å². The van der Waals surface area contributed by atoms with Gasteiger partial charge in [0.05, 0.1) is 22.2 Å². The molecule has 20 heavy (non-hydrogen) atoms. The number of aromatic nitrogens is 3. The molecule has 4 aromatic rings. The van der Waals surface area contributed by atoms with E-state index in [1.165, 1.54) is 0 Å². The lowest BCUT2D eigenvalue weighted by Crippen LogP contribution is -1.97. The van der Waals surface area contributed by atoms with Crippen molar-refractivity contribution in [2.24, 2.45) is 0 Å². The van der Waals surface area contributed by atoms with Crippen molar-refractivity contribution in [1.29, 1.82) is 0 Å². The Labute approximate surface area is 119 Å². The van der Waals surface area contributed by atoms with Crippen LogP contribution in [0.4, 0.5) is 0 Å². The first-order chi connectivity index (χ1) is 9.81. The number of fused-ring (bicyclic) bond motifs is 1. The van der Waals surface area contributed by atoms with Crippen molar-refractivity contribution >= 4 is 21.6 Å². The lowest BCUT2D eigenvalue weighted by atomic mass is 10.3. The van der Waals surface area contributed by atoms with Gasteiger partial charge in [0.25, 0.3) is 0 Å². The summed E-state index contributed by atoms with van der Waals surface area (Å²) in [6, 6.07) is 13.9. The van der Waals surface area contributed by atoms with E-state index in [9.17, 15) is 0 Å². The van der Waals surface area contributed by atoms with Gasteiger partial charge in [0, 0.05) is 0 Å². The minimum atomic E-state index is 0.796. The van der Waals surface area contributed by atoms with Crippen molar-refractivity contribution in [2.75, 3.05) is 0 Å². The second-order valence-corrected chi connectivity index (χ2v) is 5.53. The third-order valence-electron chi connectivity index (χ3n) is 3.07. The lowest BCUT2D eigenvalue weighted by Gasteiger charge is -2.00. The SMILES string of the molecule is Cc1cc(-c2ccco2)n(-c2nc3ccccc3s2)n1. The molecule has 0 unspecified atom stereocenters. The van der Waals surface area contributed by atoms with E-state index in [2.05, 4.69) is 16.1 Å². The number of hydrogen-bond donors (Lipinski definition) is 0. The van der Waals surface area contributed by atoms with Gasteiger partial charge >= 0.3 is 0 Å². The molecular weight excluding hydrogens is 270 g/mol. The third-order valence-corrected chi connectivity index (χ3v) is 4.08. The molecule has 0 amide bonds. The van der Waals surface area contributed by atoms with Gasteiger partial charge in [0.15, 0.2) is 5.76 Å². The molecule has 0 radical (unpaired) electrons. The van der Waals surface area contributed by atoms with Crippen molar-refractivity contribution < 1.29 is 4.42 Å². The Morgan fingerprint density at radius 3 is 2.85 bits per heavy atom. The van der Waals surface area contributed by atoms with Crippen molar-refractivity contribution in [3.05, 3.63) is 54.4 Å². The van der Waals surface area contributed by atoms with E-state index in [0.29, 0.717) is 0 Å². The summed E-state index contributed by atoms with van der Waals surface area (Å²) in [5, 5.41) is 5.39. The fourth-order valence-corrected chi connectivity index (χ4v) is 3.13. The summed E-state index contributed by atoms with van der Waals surface area (Å²) < 4.78 is 8.48. The van der Waals surface area contributed by atoms with Crippen LogP contribution in [0, 0.1) is 6.92 Å². The molecule has 1 aromatic carbocycles. The van der Waals surface area contributed by atoms with E-state index in [1.54, 1.807) is 17.6 Å². The van der Waals surface area contributed by atoms with Gasteiger partial charge < -0.3 is 4.42 Å². The minimum Gasteiger partial charge on any atom is -0.463 e. The van der Waals surface area contributed by atoms with Crippen LogP contribution in [0.15, 0.2) is 53.1 Å². The second-order valence-electron chi connectivity index (χ2n) is 4.52. The van der Waals surface area contributed by atoms with Gasteiger partial charge in [-0.1, -0.05) is 23.5 Å². The maximum atomic E-state index is 5.49. The Hall–Kier alpha value is -2.40. The zero-order chi connectivity index (χ0) is 13.5. The first-order valence-corrected chi connectivity index (χ1v) is 7.09. The maximum absolute atomic E-state index is 5.49. The standard InChI is InChI=1S/C15H11N3OS/c1-10-9-12(13-6-4-8-19-13)18(17-10)15-16-11-5-2-3-7-14(11)20-15/h2-9H,1H3. The van der Waals surface area contributed by atoms with Crippen LogP contribution in [0.1, 0.15) is 5.69 Å². The predicted octanol–water partition coefficient (Wildman–Crippen LogP) is 4.05. The molecule has 0 aliphatic carbocycles. The molecule has 4 nitrogen and oxygen atoms in total. The summed E-state index contributed by atoms with van der Waals surface area (Å²) in [6.45, 7) is 1.97. The van der Waals surface area contributed by atoms with Gasteiger partial charge in [-0.05, 0) is 37.3 Å². The summed E-state index contributed by atoms with van der Waals surface area (Å²) in [5.41, 5.74) is 2.85. The molecule has 0 saturated carbocycles. The zero-order valence-electron chi connectivity index (χ0n) is 10.8. The average Bonchev–Trinajstić information content (AvgIpc) is 3.16. The quantitative estimate of drug-likeness (QED) is 0.556. The molecule has 4 rings (SSSR count). The number of thiazole rings is 1. The molecule has 0 bridgehead atoms. The van der Waals surface area contributed by atoms with E-state index in [1.807, 2.05) is 48.0 Å². The first-order valence-electron chi connectivity index (χ1n) is 6.28. The monoisotopic (exact) mass is 281 g/mol. The summed E-state index contributed by atoms with van der Waals surface area (Å²) >= 11 is 1.62. The largest absolute Gasteiger partial charge is 0.463 e. The highest BCUT2D eigenvalue weighted by atomic mass is 32.1. The van der Waals surface area contributed by atoms with E-state index in [-0.39, 0.29) is 0 Å². The van der Waals surface area contributed by atoms with Crippen LogP contribution in [-0.2, 0) is 0 Å². The number of nitrogens with zero attached hydrogens (tertiary/aromatic N) is 3. The van der Waals surface area contributed by atoms with Gasteiger partial charge in [0.2, 0.25) is 5.13 Å². The highest BCUT2D eigenvalue weighted by molar-refractivity contribution is 7.20. The van der Waals surface area contributed by atoms with E-state index >= 15 is 0 Å². The average molecular weight is 281 g/mol. The molecule has 0 aliphatic rings. The van der Waals surface area contributed by atoms with Gasteiger partial charge in [-0.2, -0.15) is 5.10 Å². The molecule has 0 aliphatic heterocycles. The summed E-state index contributed by atoms with van der Waals surface area (Å²) in [5.74, 6) is 0.796. The van der Waals surface area contributed by atoms with E-state index < -0.39 is 0 Å². The van der Waals surface area contributed by atoms with Crippen LogP contribution in [0.2, 0.25) is 0 Å². The molecule has 0 fully saturated rings. The summed E-state index contributed by atoms with van der Waals surface area (Å²) in [4.78, 5) is 4.64. The van der Waals surface area contributed by atoms with Crippen LogP contribution in [-0.4, -0.2) is 14.8 Å². The van der Waals surface area contributed by atoms with Gasteiger partial charge in [-0.25, -0.2) is 9.67 Å². The predicted molar refractivity (Wildman–Crippen MR) is 79.2 cm³/mol. The highest BCUT2D eigenvalue weighted by Crippen LogP contribution is 2.29. The molecule has 0 spiro atoms. The van der Waals surface area contributed by atoms with Gasteiger partial charge in [-0.15, -0.1) is 0 Å². The number of hydrogen-bond acceptors (Lipinski definition) is 4. The number of rotatable bonds is 2. The number of benzene rings is 1. The topological polar surface area (TPSA) is 43.9 Å². The van der Waals surface area contributed by atoms with Crippen LogP contribution >= 0.6 is 11.3 Å². The minimum absolute atomic E-state index is 0.796. The smallest absolute Gasteiger partial charge is 0.212 e. The van der Waals surface area contributed by atoms with Gasteiger partial charge in [0.1, 0.15) is 5.69 Å². The first kappa shape index (κ1) is 11.4. The Morgan fingerprint density at radius 2 is 2.05 bits per heavy atom. The maximum Gasteiger partial charge on any atom is 0.212 e. The fourth-order valence-electron chi connectivity index (χ4n) is 2.20. The second kappa shape index (κ2) is 4.31. The fraction of sp³-hybridized carbons (Fsp3) is 0.0667. The third kappa shape index (κ3) is 1.75. The molecule has 0 N–H and O–H groups in total. The summed E-state index contributed by atoms with van der Waals surface area (Å²) in [7, 11) is 0. The van der Waals surface area contributed by atoms with Crippen molar-refractivity contribution in [3.8, 4) is 16.6 Å². The highest BCUT2D eigenvalue weighted by Gasteiger charge is 2.15. The molecule has 5 heteroatoms. The number of aryl methyl sites for hydroxylation is 1. The zero-order valence-corrected chi connectivity index (χ0v) is 11.6. The van der Waals surface area contributed by atoms with Crippen LogP contribution < -0.4 is 0 Å². The lowest BCUT2D eigenvalue weighted by molar-refractivity contribution is 0.576. The van der Waals surface area contributed by atoms with E-state index in [4.69, 9.17) is 4.42 Å². The molecule has 0 atom stereocenters. The van der Waals surface area contributed by atoms with Crippen LogP contribution in [0.25, 0.3) is 26.8 Å². The van der Waals surface area contributed by atoms with Gasteiger partial charge in [-0.3, -0.25) is 0 Å². The molecule has 3 heterocycles. The van der Waals surface area contributed by atoms with Crippen LogP contribution in [0.5, 0.6) is 0 Å². The molecule has 98 valence electrons. The Morgan fingerprint density at radius 1 is 1.15 bits per heavy atom. The number of para-hydroxylation sites is 1. The summed E-state index contributed by atoms with van der Waals surface area (Å²) in [6.07, 6.45) is 1.67. The van der Waals surface area contributed by atoms with Crippen LogP contribution in [0.3, 0.4) is 0 Å². The normalized spacial score (nSPS) is 11.2. The Balaban J connectivity index is 1.94. The van der Waals surface area contributed by atoms with Crippen molar-refractivity contribution in [1.82, 2.24) is 14.8 Å². The Kier molecular flexibility index (Phi) is 2.47. The number of furan rings is 1. The van der Waals surface area contributed by atoms with Crippen molar-refractivity contribution in [3.63, 3.8) is 0 Å².